The summed E-state index contributed by atoms with van der Waals surface area (Å²) < 4.78 is 5.86. The Morgan fingerprint density at radius 3 is 2.56 bits per heavy atom. The maximum absolute atomic E-state index is 6.55. The van der Waals surface area contributed by atoms with Gasteiger partial charge in [-0.3, -0.25) is 0 Å². The molecule has 0 radical (unpaired) electrons. The van der Waals surface area contributed by atoms with Gasteiger partial charge in [-0.1, -0.05) is 36.8 Å². The number of furan rings is 1. The average Bonchev–Trinajstić information content (AvgIpc) is 2.70. The van der Waals surface area contributed by atoms with E-state index in [4.69, 9.17) is 16.0 Å². The second kappa shape index (κ2) is 4.81. The molecule has 18 heavy (non-hydrogen) atoms. The number of aryl methyl sites for hydroxylation is 1. The molecule has 1 saturated carbocycles. The minimum Gasteiger partial charge on any atom is -0.461 e. The van der Waals surface area contributed by atoms with Gasteiger partial charge in [0.1, 0.15) is 11.5 Å². The Balaban J connectivity index is 1.91. The highest BCUT2D eigenvalue weighted by atomic mass is 35.5. The second-order valence-corrected chi connectivity index (χ2v) is 5.55. The van der Waals surface area contributed by atoms with E-state index in [2.05, 4.69) is 18.2 Å². The molecule has 1 aromatic carbocycles. The molecule has 1 nitrogen and oxygen atoms in total. The first-order chi connectivity index (χ1) is 8.75. The highest BCUT2D eigenvalue weighted by molar-refractivity contribution is 6.21. The lowest BCUT2D eigenvalue weighted by Crippen LogP contribution is -2.16. The molecule has 1 aliphatic rings. The van der Waals surface area contributed by atoms with Crippen molar-refractivity contribution in [2.45, 2.75) is 31.6 Å². The van der Waals surface area contributed by atoms with E-state index in [1.54, 1.807) is 0 Å². The van der Waals surface area contributed by atoms with E-state index in [0.717, 1.165) is 17.1 Å². The van der Waals surface area contributed by atoms with E-state index in [9.17, 15) is 0 Å². The average molecular weight is 261 g/mol. The van der Waals surface area contributed by atoms with Crippen LogP contribution in [0, 0.1) is 12.8 Å². The lowest BCUT2D eigenvalue weighted by atomic mass is 9.80. The van der Waals surface area contributed by atoms with Crippen LogP contribution in [0.5, 0.6) is 0 Å². The maximum atomic E-state index is 6.55. The van der Waals surface area contributed by atoms with Gasteiger partial charge in [-0.2, -0.15) is 0 Å². The lowest BCUT2D eigenvalue weighted by molar-refractivity contribution is 0.304. The van der Waals surface area contributed by atoms with E-state index < -0.39 is 0 Å². The first-order valence-electron chi connectivity index (χ1n) is 6.55. The van der Waals surface area contributed by atoms with Gasteiger partial charge in [0, 0.05) is 11.1 Å². The summed E-state index contributed by atoms with van der Waals surface area (Å²) in [4.78, 5) is 0. The largest absolute Gasteiger partial charge is 0.461 e. The molecule has 0 spiro atoms. The molecule has 1 heterocycles. The van der Waals surface area contributed by atoms with Crippen molar-refractivity contribution in [3.63, 3.8) is 0 Å². The van der Waals surface area contributed by atoms with Crippen LogP contribution in [0.25, 0.3) is 11.3 Å². The Hall–Kier alpha value is -1.21. The summed E-state index contributed by atoms with van der Waals surface area (Å²) in [6.45, 7) is 2.01. The van der Waals surface area contributed by atoms with Crippen molar-refractivity contribution in [2.24, 2.45) is 5.92 Å². The van der Waals surface area contributed by atoms with Gasteiger partial charge < -0.3 is 4.42 Å². The van der Waals surface area contributed by atoms with Crippen LogP contribution in [0.2, 0.25) is 0 Å². The fraction of sp³-hybridized carbons (Fsp3) is 0.375. The Labute approximate surface area is 113 Å². The standard InChI is InChI=1S/C16H17ClO/c1-11-14(16(17)13-8-5-9-13)10-15(18-11)12-6-3-2-4-7-12/h2-4,6-7,10,13,16H,5,8-9H2,1H3. The molecule has 0 saturated heterocycles. The van der Waals surface area contributed by atoms with Crippen LogP contribution in [0.3, 0.4) is 0 Å². The second-order valence-electron chi connectivity index (χ2n) is 5.08. The van der Waals surface area contributed by atoms with E-state index in [-0.39, 0.29) is 5.38 Å². The number of rotatable bonds is 3. The van der Waals surface area contributed by atoms with E-state index in [0.29, 0.717) is 5.92 Å². The van der Waals surface area contributed by atoms with Crippen LogP contribution in [0.15, 0.2) is 40.8 Å². The van der Waals surface area contributed by atoms with Crippen molar-refractivity contribution in [1.29, 1.82) is 0 Å². The predicted molar refractivity (Wildman–Crippen MR) is 74.8 cm³/mol. The van der Waals surface area contributed by atoms with Gasteiger partial charge >= 0.3 is 0 Å². The highest BCUT2D eigenvalue weighted by Crippen LogP contribution is 2.44. The maximum Gasteiger partial charge on any atom is 0.134 e. The van der Waals surface area contributed by atoms with Gasteiger partial charge in [-0.25, -0.2) is 0 Å². The van der Waals surface area contributed by atoms with Crippen LogP contribution in [-0.2, 0) is 0 Å². The summed E-state index contributed by atoms with van der Waals surface area (Å²) in [7, 11) is 0. The molecule has 0 bridgehead atoms. The van der Waals surface area contributed by atoms with E-state index in [1.165, 1.54) is 24.8 Å². The molecule has 94 valence electrons. The first-order valence-corrected chi connectivity index (χ1v) is 6.99. The van der Waals surface area contributed by atoms with Gasteiger partial charge in [0.05, 0.1) is 5.38 Å². The summed E-state index contributed by atoms with van der Waals surface area (Å²) in [6, 6.07) is 12.3. The zero-order valence-corrected chi connectivity index (χ0v) is 11.3. The summed E-state index contributed by atoms with van der Waals surface area (Å²) in [5, 5.41) is 0.111. The van der Waals surface area contributed by atoms with Gasteiger partial charge in [0.25, 0.3) is 0 Å². The topological polar surface area (TPSA) is 13.1 Å². The number of alkyl halides is 1. The van der Waals surface area contributed by atoms with Crippen molar-refractivity contribution in [1.82, 2.24) is 0 Å². The minimum absolute atomic E-state index is 0.111. The first kappa shape index (κ1) is 11.9. The number of halogens is 1. The molecular formula is C16H17ClO. The van der Waals surface area contributed by atoms with Gasteiger partial charge in [0.15, 0.2) is 0 Å². The third kappa shape index (κ3) is 2.08. The molecule has 1 aromatic heterocycles. The smallest absolute Gasteiger partial charge is 0.134 e. The molecule has 1 unspecified atom stereocenters. The molecule has 1 atom stereocenters. The molecule has 0 amide bonds. The number of hydrogen-bond donors (Lipinski definition) is 0. The number of benzene rings is 1. The van der Waals surface area contributed by atoms with Crippen molar-refractivity contribution >= 4 is 11.6 Å². The highest BCUT2D eigenvalue weighted by Gasteiger charge is 2.29. The van der Waals surface area contributed by atoms with Crippen molar-refractivity contribution in [2.75, 3.05) is 0 Å². The molecule has 2 heteroatoms. The van der Waals surface area contributed by atoms with Gasteiger partial charge in [0.2, 0.25) is 0 Å². The molecule has 1 fully saturated rings. The van der Waals surface area contributed by atoms with E-state index in [1.807, 2.05) is 25.1 Å². The minimum atomic E-state index is 0.111. The molecular weight excluding hydrogens is 244 g/mol. The number of hydrogen-bond acceptors (Lipinski definition) is 1. The molecule has 1 aliphatic carbocycles. The van der Waals surface area contributed by atoms with Crippen LogP contribution in [0.4, 0.5) is 0 Å². The zero-order valence-electron chi connectivity index (χ0n) is 10.5. The van der Waals surface area contributed by atoms with Crippen LogP contribution in [0.1, 0.15) is 36.0 Å². The van der Waals surface area contributed by atoms with Crippen LogP contribution in [-0.4, -0.2) is 0 Å². The van der Waals surface area contributed by atoms with Crippen molar-refractivity contribution < 1.29 is 4.42 Å². The van der Waals surface area contributed by atoms with E-state index >= 15 is 0 Å². The SMILES string of the molecule is Cc1oc(-c2ccccc2)cc1C(Cl)C1CCC1. The Morgan fingerprint density at radius 2 is 1.94 bits per heavy atom. The third-order valence-electron chi connectivity index (χ3n) is 3.88. The predicted octanol–water partition coefficient (Wildman–Crippen LogP) is 5.34. The zero-order chi connectivity index (χ0) is 12.5. The fourth-order valence-corrected chi connectivity index (χ4v) is 2.97. The van der Waals surface area contributed by atoms with Crippen LogP contribution < -0.4 is 0 Å². The van der Waals surface area contributed by atoms with Crippen molar-refractivity contribution in [3.05, 3.63) is 47.7 Å². The normalized spacial score (nSPS) is 17.4. The molecule has 3 rings (SSSR count). The Bertz CT molecular complexity index is 525. The monoisotopic (exact) mass is 260 g/mol. The van der Waals surface area contributed by atoms with Gasteiger partial charge in [-0.05, 0) is 31.7 Å². The fourth-order valence-electron chi connectivity index (χ4n) is 2.50. The molecule has 2 aromatic rings. The third-order valence-corrected chi connectivity index (χ3v) is 4.47. The quantitative estimate of drug-likeness (QED) is 0.680. The Kier molecular flexibility index (Phi) is 3.17. The Morgan fingerprint density at radius 1 is 1.22 bits per heavy atom. The van der Waals surface area contributed by atoms with Gasteiger partial charge in [-0.15, -0.1) is 11.6 Å². The summed E-state index contributed by atoms with van der Waals surface area (Å²) in [5.74, 6) is 2.51. The van der Waals surface area contributed by atoms with Crippen LogP contribution >= 0.6 is 11.6 Å². The summed E-state index contributed by atoms with van der Waals surface area (Å²) >= 11 is 6.55. The molecule has 0 aliphatic heterocycles. The summed E-state index contributed by atoms with van der Waals surface area (Å²) in [5.41, 5.74) is 2.28. The molecule has 0 N–H and O–H groups in total. The van der Waals surface area contributed by atoms with Crippen molar-refractivity contribution in [3.8, 4) is 11.3 Å². The lowest BCUT2D eigenvalue weighted by Gasteiger charge is -2.29. The summed E-state index contributed by atoms with van der Waals surface area (Å²) in [6.07, 6.45) is 3.81.